The summed E-state index contributed by atoms with van der Waals surface area (Å²) in [4.78, 5) is 2.50. The average Bonchev–Trinajstić information content (AvgIpc) is 2.73. The number of nitrogens with zero attached hydrogens (tertiary/aromatic N) is 1. The molecule has 0 aromatic carbocycles. The first-order chi connectivity index (χ1) is 8.51. The third kappa shape index (κ3) is 3.23. The first-order valence-corrected chi connectivity index (χ1v) is 7.30. The van der Waals surface area contributed by atoms with Crippen molar-refractivity contribution >= 4 is 0 Å². The smallest absolute Gasteiger partial charge is 0.119 e. The van der Waals surface area contributed by atoms with E-state index < -0.39 is 5.72 Å². The van der Waals surface area contributed by atoms with Gasteiger partial charge >= 0.3 is 0 Å². The maximum Gasteiger partial charge on any atom is 0.119 e. The summed E-state index contributed by atoms with van der Waals surface area (Å²) < 4.78 is 11.5. The molecule has 2 fully saturated rings. The van der Waals surface area contributed by atoms with Gasteiger partial charge in [0.05, 0.1) is 19.3 Å². The first kappa shape index (κ1) is 14.3. The molecule has 0 aromatic rings. The molecule has 18 heavy (non-hydrogen) atoms. The van der Waals surface area contributed by atoms with E-state index in [1.807, 2.05) is 0 Å². The largest absolute Gasteiger partial charge is 0.379 e. The lowest BCUT2D eigenvalue weighted by Gasteiger charge is -2.34. The SMILES string of the molecule is CC(CC1CCC(N)(C(C)C)O1)N1CCOCC1. The molecule has 4 nitrogen and oxygen atoms in total. The third-order valence-electron chi connectivity index (χ3n) is 4.49. The van der Waals surface area contributed by atoms with Crippen LogP contribution in [0, 0.1) is 5.92 Å². The van der Waals surface area contributed by atoms with Crippen molar-refractivity contribution in [3.63, 3.8) is 0 Å². The maximum absolute atomic E-state index is 6.29. The number of rotatable bonds is 4. The molecule has 0 amide bonds. The van der Waals surface area contributed by atoms with Gasteiger partial charge in [-0.15, -0.1) is 0 Å². The number of nitrogens with two attached hydrogens (primary N) is 1. The highest BCUT2D eigenvalue weighted by Gasteiger charge is 2.39. The molecule has 0 saturated carbocycles. The lowest BCUT2D eigenvalue weighted by atomic mass is 9.97. The normalized spacial score (nSPS) is 36.2. The zero-order valence-electron chi connectivity index (χ0n) is 12.0. The maximum atomic E-state index is 6.29. The first-order valence-electron chi connectivity index (χ1n) is 7.30. The van der Waals surface area contributed by atoms with Gasteiger partial charge < -0.3 is 15.2 Å². The Hall–Kier alpha value is -0.160. The van der Waals surface area contributed by atoms with Crippen LogP contribution in [0.25, 0.3) is 0 Å². The molecule has 4 heteroatoms. The van der Waals surface area contributed by atoms with Crippen LogP contribution in [-0.2, 0) is 9.47 Å². The van der Waals surface area contributed by atoms with Crippen LogP contribution in [0.2, 0.25) is 0 Å². The number of ether oxygens (including phenoxy) is 2. The van der Waals surface area contributed by atoms with Gasteiger partial charge in [0.1, 0.15) is 5.72 Å². The second kappa shape index (κ2) is 5.87. The molecule has 2 aliphatic rings. The summed E-state index contributed by atoms with van der Waals surface area (Å²) in [6.45, 7) is 10.4. The lowest BCUT2D eigenvalue weighted by Crippen LogP contribution is -2.46. The molecule has 0 aromatic heterocycles. The second-order valence-corrected chi connectivity index (χ2v) is 6.12. The van der Waals surface area contributed by atoms with E-state index in [4.69, 9.17) is 15.2 Å². The van der Waals surface area contributed by atoms with E-state index in [0.717, 1.165) is 45.6 Å². The Bertz CT molecular complexity index is 267. The molecule has 2 aliphatic heterocycles. The predicted molar refractivity (Wildman–Crippen MR) is 72.3 cm³/mol. The van der Waals surface area contributed by atoms with E-state index in [1.54, 1.807) is 0 Å². The summed E-state index contributed by atoms with van der Waals surface area (Å²) >= 11 is 0. The fourth-order valence-electron chi connectivity index (χ4n) is 2.95. The van der Waals surface area contributed by atoms with Crippen LogP contribution < -0.4 is 5.73 Å². The lowest BCUT2D eigenvalue weighted by molar-refractivity contribution is -0.0782. The molecule has 2 rings (SSSR count). The quantitative estimate of drug-likeness (QED) is 0.830. The van der Waals surface area contributed by atoms with Crippen molar-refractivity contribution in [1.82, 2.24) is 4.90 Å². The zero-order valence-corrected chi connectivity index (χ0v) is 12.0. The van der Waals surface area contributed by atoms with Crippen molar-refractivity contribution in [1.29, 1.82) is 0 Å². The Morgan fingerprint density at radius 1 is 1.28 bits per heavy atom. The highest BCUT2D eigenvalue weighted by Crippen LogP contribution is 2.34. The summed E-state index contributed by atoms with van der Waals surface area (Å²) in [7, 11) is 0. The van der Waals surface area contributed by atoms with Crippen LogP contribution in [0.4, 0.5) is 0 Å². The molecule has 2 heterocycles. The van der Waals surface area contributed by atoms with Gasteiger partial charge in [-0.2, -0.15) is 0 Å². The zero-order chi connectivity index (χ0) is 13.2. The van der Waals surface area contributed by atoms with Gasteiger partial charge in [-0.3, -0.25) is 4.90 Å². The van der Waals surface area contributed by atoms with Crippen LogP contribution in [0.15, 0.2) is 0 Å². The fourth-order valence-corrected chi connectivity index (χ4v) is 2.95. The molecule has 0 spiro atoms. The van der Waals surface area contributed by atoms with Crippen molar-refractivity contribution < 1.29 is 9.47 Å². The molecule has 0 radical (unpaired) electrons. The minimum atomic E-state index is -0.393. The van der Waals surface area contributed by atoms with Gasteiger partial charge in [0.2, 0.25) is 0 Å². The summed E-state index contributed by atoms with van der Waals surface area (Å²) in [6, 6.07) is 0.563. The number of hydrogen-bond donors (Lipinski definition) is 1. The predicted octanol–water partition coefficient (Wildman–Crippen LogP) is 1.59. The van der Waals surface area contributed by atoms with Crippen LogP contribution in [-0.4, -0.2) is 49.1 Å². The monoisotopic (exact) mass is 256 g/mol. The van der Waals surface area contributed by atoms with E-state index in [9.17, 15) is 0 Å². The van der Waals surface area contributed by atoms with E-state index in [-0.39, 0.29) is 0 Å². The van der Waals surface area contributed by atoms with E-state index in [1.165, 1.54) is 0 Å². The van der Waals surface area contributed by atoms with Crippen molar-refractivity contribution in [2.75, 3.05) is 26.3 Å². The summed E-state index contributed by atoms with van der Waals surface area (Å²) in [5, 5.41) is 0. The molecular weight excluding hydrogens is 228 g/mol. The van der Waals surface area contributed by atoms with Crippen LogP contribution in [0.3, 0.4) is 0 Å². The number of hydrogen-bond acceptors (Lipinski definition) is 4. The van der Waals surface area contributed by atoms with Crippen molar-refractivity contribution in [2.24, 2.45) is 11.7 Å². The Labute approximate surface area is 111 Å². The highest BCUT2D eigenvalue weighted by atomic mass is 16.5. The van der Waals surface area contributed by atoms with Gasteiger partial charge in [0.25, 0.3) is 0 Å². The van der Waals surface area contributed by atoms with Crippen molar-refractivity contribution in [2.45, 2.75) is 57.9 Å². The van der Waals surface area contributed by atoms with Gasteiger partial charge in [0.15, 0.2) is 0 Å². The molecule has 2 saturated heterocycles. The Morgan fingerprint density at radius 2 is 1.94 bits per heavy atom. The third-order valence-corrected chi connectivity index (χ3v) is 4.49. The Kier molecular flexibility index (Phi) is 4.64. The van der Waals surface area contributed by atoms with Crippen LogP contribution >= 0.6 is 0 Å². The summed E-state index contributed by atoms with van der Waals surface area (Å²) in [5.74, 6) is 0.390. The molecule has 2 N–H and O–H groups in total. The van der Waals surface area contributed by atoms with Crippen LogP contribution in [0.1, 0.15) is 40.0 Å². The topological polar surface area (TPSA) is 47.7 Å². The van der Waals surface area contributed by atoms with E-state index in [0.29, 0.717) is 18.1 Å². The van der Waals surface area contributed by atoms with Gasteiger partial charge in [0, 0.05) is 19.1 Å². The Balaban J connectivity index is 1.80. The minimum absolute atomic E-state index is 0.329. The van der Waals surface area contributed by atoms with Gasteiger partial charge in [-0.05, 0) is 32.1 Å². The molecule has 3 unspecified atom stereocenters. The van der Waals surface area contributed by atoms with E-state index >= 15 is 0 Å². The summed E-state index contributed by atoms with van der Waals surface area (Å²) in [5.41, 5.74) is 5.90. The molecule has 106 valence electrons. The fraction of sp³-hybridized carbons (Fsp3) is 1.00. The second-order valence-electron chi connectivity index (χ2n) is 6.12. The molecule has 3 atom stereocenters. The summed E-state index contributed by atoms with van der Waals surface area (Å²) in [6.07, 6.45) is 3.51. The van der Waals surface area contributed by atoms with Crippen molar-refractivity contribution in [3.8, 4) is 0 Å². The number of morpholine rings is 1. The van der Waals surface area contributed by atoms with E-state index in [2.05, 4.69) is 25.7 Å². The van der Waals surface area contributed by atoms with Gasteiger partial charge in [-0.25, -0.2) is 0 Å². The standard InChI is InChI=1S/C14H28N2O2/c1-11(2)14(15)5-4-13(18-14)10-12(3)16-6-8-17-9-7-16/h11-13H,4-10,15H2,1-3H3. The molecule has 0 aliphatic carbocycles. The molecular formula is C14H28N2O2. The average molecular weight is 256 g/mol. The van der Waals surface area contributed by atoms with Crippen molar-refractivity contribution in [3.05, 3.63) is 0 Å². The highest BCUT2D eigenvalue weighted by molar-refractivity contribution is 4.88. The van der Waals surface area contributed by atoms with Crippen LogP contribution in [0.5, 0.6) is 0 Å². The Morgan fingerprint density at radius 3 is 2.50 bits per heavy atom. The molecule has 0 bridgehead atoms. The minimum Gasteiger partial charge on any atom is -0.379 e. The van der Waals surface area contributed by atoms with Gasteiger partial charge in [-0.1, -0.05) is 13.8 Å².